The zero-order chi connectivity index (χ0) is 19.2. The van der Waals surface area contributed by atoms with E-state index in [1.165, 1.54) is 0 Å². The summed E-state index contributed by atoms with van der Waals surface area (Å²) in [7, 11) is 0. The number of aromatic carboxylic acids is 1. The Morgan fingerprint density at radius 1 is 0.963 bits per heavy atom. The number of rotatable bonds is 5. The Morgan fingerprint density at radius 3 is 2.41 bits per heavy atom. The minimum absolute atomic E-state index is 0.205. The molecule has 2 aromatic carbocycles. The Hall–Kier alpha value is -3.67. The van der Waals surface area contributed by atoms with Gasteiger partial charge in [-0.1, -0.05) is 42.5 Å². The number of aromatic nitrogens is 1. The van der Waals surface area contributed by atoms with E-state index in [0.29, 0.717) is 12.4 Å². The van der Waals surface area contributed by atoms with Crippen molar-refractivity contribution in [2.45, 2.75) is 6.92 Å². The third kappa shape index (κ3) is 4.30. The fraction of sp³-hybridized carbons (Fsp3) is 0.0952. The normalized spacial score (nSPS) is 10.3. The third-order valence-corrected chi connectivity index (χ3v) is 3.99. The van der Waals surface area contributed by atoms with E-state index >= 15 is 0 Å². The van der Waals surface area contributed by atoms with Crippen LogP contribution in [-0.2, 0) is 0 Å². The molecule has 0 atom stereocenters. The first-order valence-electron chi connectivity index (χ1n) is 8.52. The summed E-state index contributed by atoms with van der Waals surface area (Å²) in [5, 5.41) is 14.6. The summed E-state index contributed by atoms with van der Waals surface area (Å²) >= 11 is 0. The van der Waals surface area contributed by atoms with Crippen LogP contribution in [0, 0.1) is 0 Å². The Bertz CT molecular complexity index is 971. The van der Waals surface area contributed by atoms with Gasteiger partial charge in [0.25, 0.3) is 0 Å². The number of nitrogens with zero attached hydrogens (tertiary/aromatic N) is 1. The van der Waals surface area contributed by atoms with Crippen molar-refractivity contribution in [3.05, 3.63) is 72.4 Å². The van der Waals surface area contributed by atoms with Crippen molar-refractivity contribution < 1.29 is 14.7 Å². The first kappa shape index (κ1) is 18.1. The number of carboxylic acids is 1. The van der Waals surface area contributed by atoms with Gasteiger partial charge in [0.15, 0.2) is 0 Å². The SMILES string of the molecule is CCNC(=O)Nc1cc(-c2ccccc2)c(-c2cccc(C(=O)O)c2)cn1. The number of urea groups is 1. The molecule has 0 aliphatic heterocycles. The lowest BCUT2D eigenvalue weighted by atomic mass is 9.95. The molecule has 1 aromatic heterocycles. The second-order valence-electron chi connectivity index (χ2n) is 5.85. The highest BCUT2D eigenvalue weighted by Crippen LogP contribution is 2.33. The van der Waals surface area contributed by atoms with E-state index in [1.807, 2.05) is 43.3 Å². The van der Waals surface area contributed by atoms with Crippen LogP contribution in [0.5, 0.6) is 0 Å². The summed E-state index contributed by atoms with van der Waals surface area (Å²) in [6, 6.07) is 17.8. The summed E-state index contributed by atoms with van der Waals surface area (Å²) in [5.74, 6) is -0.571. The van der Waals surface area contributed by atoms with Crippen molar-refractivity contribution >= 4 is 17.8 Å². The van der Waals surface area contributed by atoms with Crippen molar-refractivity contribution in [3.8, 4) is 22.3 Å². The third-order valence-electron chi connectivity index (χ3n) is 3.99. The second kappa shape index (κ2) is 8.14. The van der Waals surface area contributed by atoms with Crippen molar-refractivity contribution in [2.75, 3.05) is 11.9 Å². The Kier molecular flexibility index (Phi) is 5.47. The van der Waals surface area contributed by atoms with Gasteiger partial charge in [-0.25, -0.2) is 14.6 Å². The van der Waals surface area contributed by atoms with Crippen LogP contribution in [0.2, 0.25) is 0 Å². The molecule has 2 amide bonds. The van der Waals surface area contributed by atoms with Gasteiger partial charge in [0.2, 0.25) is 0 Å². The van der Waals surface area contributed by atoms with Crippen LogP contribution in [-0.4, -0.2) is 28.6 Å². The van der Waals surface area contributed by atoms with Gasteiger partial charge in [0, 0.05) is 18.3 Å². The molecule has 0 aliphatic carbocycles. The van der Waals surface area contributed by atoms with Crippen molar-refractivity contribution in [1.82, 2.24) is 10.3 Å². The lowest BCUT2D eigenvalue weighted by Gasteiger charge is -2.13. The average Bonchev–Trinajstić information content (AvgIpc) is 2.69. The van der Waals surface area contributed by atoms with Crippen LogP contribution >= 0.6 is 0 Å². The van der Waals surface area contributed by atoms with Crippen LogP contribution in [0.25, 0.3) is 22.3 Å². The molecule has 3 rings (SSSR count). The van der Waals surface area contributed by atoms with Crippen molar-refractivity contribution in [2.24, 2.45) is 0 Å². The molecule has 6 nitrogen and oxygen atoms in total. The van der Waals surface area contributed by atoms with Crippen LogP contribution in [0.1, 0.15) is 17.3 Å². The average molecular weight is 361 g/mol. The van der Waals surface area contributed by atoms with Crippen LogP contribution < -0.4 is 10.6 Å². The fourth-order valence-corrected chi connectivity index (χ4v) is 2.75. The highest BCUT2D eigenvalue weighted by atomic mass is 16.4. The smallest absolute Gasteiger partial charge is 0.335 e. The number of pyridine rings is 1. The minimum Gasteiger partial charge on any atom is -0.478 e. The summed E-state index contributed by atoms with van der Waals surface area (Å²) in [6.45, 7) is 2.35. The standard InChI is InChI=1S/C21H19N3O3/c1-2-22-21(27)24-19-12-17(14-7-4-3-5-8-14)18(13-23-19)15-9-6-10-16(11-15)20(25)26/h3-13H,2H2,1H3,(H,25,26)(H2,22,23,24,27). The first-order valence-corrected chi connectivity index (χ1v) is 8.52. The molecule has 136 valence electrons. The maximum absolute atomic E-state index is 11.8. The largest absolute Gasteiger partial charge is 0.478 e. The Morgan fingerprint density at radius 2 is 1.70 bits per heavy atom. The van der Waals surface area contributed by atoms with Crippen LogP contribution in [0.4, 0.5) is 10.6 Å². The van der Waals surface area contributed by atoms with Gasteiger partial charge in [-0.15, -0.1) is 0 Å². The number of amides is 2. The van der Waals surface area contributed by atoms with Crippen molar-refractivity contribution in [3.63, 3.8) is 0 Å². The van der Waals surface area contributed by atoms with E-state index in [0.717, 1.165) is 22.3 Å². The predicted octanol–water partition coefficient (Wildman–Crippen LogP) is 4.26. The quantitative estimate of drug-likeness (QED) is 0.633. The molecule has 27 heavy (non-hydrogen) atoms. The number of carbonyl (C=O) groups excluding carboxylic acids is 1. The van der Waals surface area contributed by atoms with E-state index < -0.39 is 5.97 Å². The summed E-state index contributed by atoms with van der Waals surface area (Å²) in [4.78, 5) is 27.4. The zero-order valence-electron chi connectivity index (χ0n) is 14.8. The molecule has 0 fully saturated rings. The first-order chi connectivity index (χ1) is 13.1. The molecule has 0 unspecified atom stereocenters. The number of hydrogen-bond acceptors (Lipinski definition) is 3. The monoisotopic (exact) mass is 361 g/mol. The summed E-state index contributed by atoms with van der Waals surface area (Å²) in [5.41, 5.74) is 3.52. The number of benzene rings is 2. The predicted molar refractivity (Wildman–Crippen MR) is 105 cm³/mol. The van der Waals surface area contributed by atoms with Gasteiger partial charge >= 0.3 is 12.0 Å². The van der Waals surface area contributed by atoms with Crippen molar-refractivity contribution in [1.29, 1.82) is 0 Å². The Balaban J connectivity index is 2.09. The molecule has 0 saturated heterocycles. The van der Waals surface area contributed by atoms with Crippen LogP contribution in [0.15, 0.2) is 66.9 Å². The zero-order valence-corrected chi connectivity index (χ0v) is 14.8. The number of carboxylic acid groups (broad SMARTS) is 1. The second-order valence-corrected chi connectivity index (χ2v) is 5.85. The molecule has 0 saturated carbocycles. The van der Waals surface area contributed by atoms with Gasteiger partial charge in [-0.2, -0.15) is 0 Å². The van der Waals surface area contributed by atoms with Gasteiger partial charge in [0.05, 0.1) is 5.56 Å². The molecule has 3 aromatic rings. The van der Waals surface area contributed by atoms with Gasteiger partial charge in [-0.3, -0.25) is 5.32 Å². The molecule has 0 spiro atoms. The van der Waals surface area contributed by atoms with Crippen LogP contribution in [0.3, 0.4) is 0 Å². The molecule has 0 aliphatic rings. The van der Waals surface area contributed by atoms with E-state index in [4.69, 9.17) is 0 Å². The highest BCUT2D eigenvalue weighted by Gasteiger charge is 2.13. The lowest BCUT2D eigenvalue weighted by Crippen LogP contribution is -2.28. The molecule has 3 N–H and O–H groups in total. The Labute approximate surface area is 156 Å². The molecule has 1 heterocycles. The minimum atomic E-state index is -0.986. The molecule has 6 heteroatoms. The summed E-state index contributed by atoms with van der Waals surface area (Å²) in [6.07, 6.45) is 1.64. The number of hydrogen-bond donors (Lipinski definition) is 3. The fourth-order valence-electron chi connectivity index (χ4n) is 2.75. The topological polar surface area (TPSA) is 91.3 Å². The number of anilines is 1. The maximum atomic E-state index is 11.8. The van der Waals surface area contributed by atoms with Gasteiger partial charge < -0.3 is 10.4 Å². The molecule has 0 bridgehead atoms. The number of carbonyl (C=O) groups is 2. The van der Waals surface area contributed by atoms with E-state index in [2.05, 4.69) is 15.6 Å². The van der Waals surface area contributed by atoms with Gasteiger partial charge in [0.1, 0.15) is 5.82 Å². The molecule has 0 radical (unpaired) electrons. The summed E-state index contributed by atoms with van der Waals surface area (Å²) < 4.78 is 0. The lowest BCUT2D eigenvalue weighted by molar-refractivity contribution is 0.0697. The van der Waals surface area contributed by atoms with E-state index in [-0.39, 0.29) is 11.6 Å². The molecular formula is C21H19N3O3. The van der Waals surface area contributed by atoms with E-state index in [1.54, 1.807) is 30.5 Å². The molecular weight excluding hydrogens is 342 g/mol. The van der Waals surface area contributed by atoms with E-state index in [9.17, 15) is 14.7 Å². The number of nitrogens with one attached hydrogen (secondary N) is 2. The van der Waals surface area contributed by atoms with Gasteiger partial charge in [-0.05, 0) is 41.8 Å². The highest BCUT2D eigenvalue weighted by molar-refractivity contribution is 5.93. The maximum Gasteiger partial charge on any atom is 0.335 e.